The molecule has 78 valence electrons. The Hall–Kier alpha value is -0.590. The van der Waals surface area contributed by atoms with Crippen molar-refractivity contribution in [2.45, 2.75) is 10.6 Å². The number of nitrogens with zero attached hydrogens (tertiary/aromatic N) is 2. The fourth-order valence-corrected chi connectivity index (χ4v) is 2.64. The first kappa shape index (κ1) is 10.9. The molecule has 1 aromatic carbocycles. The first-order valence-corrected chi connectivity index (χ1v) is 6.76. The van der Waals surface area contributed by atoms with Crippen molar-refractivity contribution in [2.24, 2.45) is 0 Å². The highest BCUT2D eigenvalue weighted by molar-refractivity contribution is 9.10. The van der Waals surface area contributed by atoms with Crippen LogP contribution in [0.1, 0.15) is 5.69 Å². The first-order chi connectivity index (χ1) is 7.25. The Bertz CT molecular complexity index is 441. The zero-order chi connectivity index (χ0) is 10.7. The second-order valence-corrected chi connectivity index (χ2v) is 5.58. The van der Waals surface area contributed by atoms with Crippen LogP contribution in [-0.4, -0.2) is 9.59 Å². The fourth-order valence-electron chi connectivity index (χ4n) is 0.998. The van der Waals surface area contributed by atoms with Crippen molar-refractivity contribution in [3.8, 4) is 0 Å². The van der Waals surface area contributed by atoms with Crippen molar-refractivity contribution in [1.82, 2.24) is 9.59 Å². The van der Waals surface area contributed by atoms with Gasteiger partial charge in [0.25, 0.3) is 0 Å². The molecule has 0 amide bonds. The minimum Gasteiger partial charge on any atom is -0.388 e. The van der Waals surface area contributed by atoms with Crippen LogP contribution in [0, 0.1) is 0 Å². The second kappa shape index (κ2) is 4.96. The van der Waals surface area contributed by atoms with Gasteiger partial charge >= 0.3 is 0 Å². The number of nitrogens with two attached hydrogens (primary N) is 1. The smallest absolute Gasteiger partial charge is 0.131 e. The molecule has 1 aromatic heterocycles. The first-order valence-electron chi connectivity index (χ1n) is 4.21. The van der Waals surface area contributed by atoms with Crippen LogP contribution in [0.5, 0.6) is 0 Å². The highest BCUT2D eigenvalue weighted by Crippen LogP contribution is 2.26. The number of nitrogen functional groups attached to an aromatic ring is 1. The predicted molar refractivity (Wildman–Crippen MR) is 68.0 cm³/mol. The van der Waals surface area contributed by atoms with E-state index in [4.69, 9.17) is 5.73 Å². The molecule has 0 unspecified atom stereocenters. The second-order valence-electron chi connectivity index (χ2n) is 2.83. The molecule has 2 rings (SSSR count). The average molecular weight is 302 g/mol. The minimum atomic E-state index is 0.708. The summed E-state index contributed by atoms with van der Waals surface area (Å²) in [7, 11) is 0. The van der Waals surface area contributed by atoms with Crippen molar-refractivity contribution in [1.29, 1.82) is 0 Å². The SMILES string of the molecule is Nc1snnc1CSc1ccc(Br)cc1. The molecule has 2 aromatic rings. The third-order valence-electron chi connectivity index (χ3n) is 1.77. The van der Waals surface area contributed by atoms with E-state index in [0.717, 1.165) is 15.9 Å². The molecule has 0 atom stereocenters. The molecule has 3 nitrogen and oxygen atoms in total. The Balaban J connectivity index is 1.99. The summed E-state index contributed by atoms with van der Waals surface area (Å²) in [6.07, 6.45) is 0. The van der Waals surface area contributed by atoms with Gasteiger partial charge < -0.3 is 5.73 Å². The molecule has 1 heterocycles. The topological polar surface area (TPSA) is 51.8 Å². The van der Waals surface area contributed by atoms with E-state index in [0.29, 0.717) is 5.00 Å². The maximum Gasteiger partial charge on any atom is 0.131 e. The van der Waals surface area contributed by atoms with E-state index >= 15 is 0 Å². The number of benzene rings is 1. The van der Waals surface area contributed by atoms with Crippen molar-refractivity contribution < 1.29 is 0 Å². The number of hydrogen-bond donors (Lipinski definition) is 1. The molecular formula is C9H8BrN3S2. The van der Waals surface area contributed by atoms with Gasteiger partial charge in [0.15, 0.2) is 0 Å². The monoisotopic (exact) mass is 301 g/mol. The Morgan fingerprint density at radius 1 is 1.33 bits per heavy atom. The van der Waals surface area contributed by atoms with Crippen LogP contribution < -0.4 is 5.73 Å². The van der Waals surface area contributed by atoms with E-state index in [-0.39, 0.29) is 0 Å². The van der Waals surface area contributed by atoms with E-state index in [1.54, 1.807) is 11.8 Å². The Kier molecular flexibility index (Phi) is 3.61. The summed E-state index contributed by atoms with van der Waals surface area (Å²) in [6, 6.07) is 8.16. The van der Waals surface area contributed by atoms with Crippen molar-refractivity contribution >= 4 is 44.2 Å². The lowest BCUT2D eigenvalue weighted by Crippen LogP contribution is -1.88. The maximum absolute atomic E-state index is 5.70. The summed E-state index contributed by atoms with van der Waals surface area (Å²) in [5.74, 6) is 0.768. The van der Waals surface area contributed by atoms with Crippen LogP contribution in [0.15, 0.2) is 33.6 Å². The zero-order valence-electron chi connectivity index (χ0n) is 7.68. The number of rotatable bonds is 3. The lowest BCUT2D eigenvalue weighted by Gasteiger charge is -1.99. The van der Waals surface area contributed by atoms with E-state index < -0.39 is 0 Å². The quantitative estimate of drug-likeness (QED) is 0.885. The number of thioether (sulfide) groups is 1. The number of aromatic nitrogens is 2. The summed E-state index contributed by atoms with van der Waals surface area (Å²) in [5.41, 5.74) is 6.57. The molecule has 0 aliphatic heterocycles. The van der Waals surface area contributed by atoms with Gasteiger partial charge in [-0.3, -0.25) is 0 Å². The van der Waals surface area contributed by atoms with Gasteiger partial charge in [0.05, 0.1) is 0 Å². The van der Waals surface area contributed by atoms with Crippen LogP contribution in [-0.2, 0) is 5.75 Å². The van der Waals surface area contributed by atoms with Crippen molar-refractivity contribution in [3.05, 3.63) is 34.4 Å². The summed E-state index contributed by atoms with van der Waals surface area (Å²) >= 11 is 6.34. The molecule has 0 fully saturated rings. The van der Waals surface area contributed by atoms with Crippen LogP contribution in [0.25, 0.3) is 0 Å². The van der Waals surface area contributed by atoms with Gasteiger partial charge in [-0.1, -0.05) is 20.4 Å². The average Bonchev–Trinajstić information content (AvgIpc) is 2.63. The molecule has 0 saturated carbocycles. The number of hydrogen-bond acceptors (Lipinski definition) is 5. The molecule has 0 aliphatic carbocycles. The molecule has 0 saturated heterocycles. The highest BCUT2D eigenvalue weighted by Gasteiger charge is 2.04. The Morgan fingerprint density at radius 3 is 2.67 bits per heavy atom. The molecule has 0 aliphatic rings. The van der Waals surface area contributed by atoms with Crippen LogP contribution in [0.2, 0.25) is 0 Å². The molecule has 0 radical (unpaired) electrons. The van der Waals surface area contributed by atoms with Gasteiger partial charge in [-0.25, -0.2) is 0 Å². The summed E-state index contributed by atoms with van der Waals surface area (Å²) in [5, 5.41) is 4.67. The van der Waals surface area contributed by atoms with Gasteiger partial charge in [-0.15, -0.1) is 16.9 Å². The standard InChI is InChI=1S/C9H8BrN3S2/c10-6-1-3-7(4-2-6)14-5-8-9(11)15-13-12-8/h1-4H,5,11H2. The molecule has 0 spiro atoms. The van der Waals surface area contributed by atoms with Gasteiger partial charge in [0.2, 0.25) is 0 Å². The molecule has 6 heteroatoms. The summed E-state index contributed by atoms with van der Waals surface area (Å²) in [4.78, 5) is 1.20. The highest BCUT2D eigenvalue weighted by atomic mass is 79.9. The third-order valence-corrected chi connectivity index (χ3v) is 3.92. The Morgan fingerprint density at radius 2 is 2.07 bits per heavy atom. The van der Waals surface area contributed by atoms with Crippen LogP contribution in [0.3, 0.4) is 0 Å². The zero-order valence-corrected chi connectivity index (χ0v) is 10.9. The normalized spacial score (nSPS) is 10.5. The summed E-state index contributed by atoms with van der Waals surface area (Å²) < 4.78 is 4.88. The van der Waals surface area contributed by atoms with Gasteiger partial charge in [0.1, 0.15) is 10.7 Å². The van der Waals surface area contributed by atoms with E-state index in [1.807, 2.05) is 12.1 Å². The van der Waals surface area contributed by atoms with Crippen molar-refractivity contribution in [3.63, 3.8) is 0 Å². The predicted octanol–water partition coefficient (Wildman–Crippen LogP) is 3.18. The molecule has 0 bridgehead atoms. The van der Waals surface area contributed by atoms with E-state index in [1.165, 1.54) is 16.4 Å². The number of halogens is 1. The maximum atomic E-state index is 5.70. The van der Waals surface area contributed by atoms with Gasteiger partial charge in [-0.05, 0) is 24.3 Å². The minimum absolute atomic E-state index is 0.708. The lowest BCUT2D eigenvalue weighted by molar-refractivity contribution is 1.08. The third kappa shape index (κ3) is 2.93. The number of anilines is 1. The molecule has 15 heavy (non-hydrogen) atoms. The van der Waals surface area contributed by atoms with Gasteiger partial charge in [-0.2, -0.15) is 0 Å². The van der Waals surface area contributed by atoms with Gasteiger partial charge in [0, 0.05) is 26.7 Å². The largest absolute Gasteiger partial charge is 0.388 e. The van der Waals surface area contributed by atoms with Crippen molar-refractivity contribution in [2.75, 3.05) is 5.73 Å². The lowest BCUT2D eigenvalue weighted by atomic mass is 10.4. The summed E-state index contributed by atoms with van der Waals surface area (Å²) in [6.45, 7) is 0. The molecular weight excluding hydrogens is 294 g/mol. The Labute approximate surface area is 104 Å². The molecule has 2 N–H and O–H groups in total. The van der Waals surface area contributed by atoms with Crippen LogP contribution in [0.4, 0.5) is 5.00 Å². The van der Waals surface area contributed by atoms with E-state index in [2.05, 4.69) is 37.6 Å². The van der Waals surface area contributed by atoms with E-state index in [9.17, 15) is 0 Å². The fraction of sp³-hybridized carbons (Fsp3) is 0.111. The van der Waals surface area contributed by atoms with Crippen LogP contribution >= 0.6 is 39.2 Å².